The maximum atomic E-state index is 4.79. The van der Waals surface area contributed by atoms with Crippen molar-refractivity contribution in [2.75, 3.05) is 0 Å². The standard InChI is InChI=1S/C49H29N3/c1-2-11-33(12-3-1)51-45-24-21-32(29-41(45)48-34-13-5-4-10-30(34)19-25-46(48)51)31-20-23-44-40(28-31)35-14-6-7-18-42(35)52(44)43-26-22-39-47-36(15-8-16-38(43)47)37-17-9-27-50-49(37)39/h1-29H. The molecule has 0 N–H and O–H groups in total. The molecule has 8 aromatic carbocycles. The van der Waals surface area contributed by atoms with Gasteiger partial charge in [-0.05, 0) is 88.1 Å². The van der Waals surface area contributed by atoms with Gasteiger partial charge in [0.25, 0.3) is 0 Å². The predicted octanol–water partition coefficient (Wildman–Crippen LogP) is 12.9. The molecule has 240 valence electrons. The van der Waals surface area contributed by atoms with Gasteiger partial charge in [-0.15, -0.1) is 0 Å². The van der Waals surface area contributed by atoms with E-state index in [2.05, 4.69) is 173 Å². The van der Waals surface area contributed by atoms with Crippen LogP contribution < -0.4 is 0 Å². The molecule has 0 atom stereocenters. The van der Waals surface area contributed by atoms with Crippen LogP contribution >= 0.6 is 0 Å². The van der Waals surface area contributed by atoms with Crippen LogP contribution in [0.25, 0.3) is 110 Å². The zero-order chi connectivity index (χ0) is 33.9. The smallest absolute Gasteiger partial charge is 0.0786 e. The highest BCUT2D eigenvalue weighted by atomic mass is 15.0. The molecule has 52 heavy (non-hydrogen) atoms. The van der Waals surface area contributed by atoms with Crippen molar-refractivity contribution in [3.05, 3.63) is 176 Å². The summed E-state index contributed by atoms with van der Waals surface area (Å²) >= 11 is 0. The average molecular weight is 660 g/mol. The van der Waals surface area contributed by atoms with Crippen molar-refractivity contribution in [2.45, 2.75) is 0 Å². The molecular weight excluding hydrogens is 631 g/mol. The lowest BCUT2D eigenvalue weighted by atomic mass is 9.99. The quantitative estimate of drug-likeness (QED) is 0.185. The third kappa shape index (κ3) is 3.66. The highest BCUT2D eigenvalue weighted by Crippen LogP contribution is 2.48. The van der Waals surface area contributed by atoms with E-state index in [1.165, 1.54) is 104 Å². The Labute approximate surface area is 299 Å². The van der Waals surface area contributed by atoms with Gasteiger partial charge in [-0.1, -0.05) is 109 Å². The minimum atomic E-state index is 1.07. The van der Waals surface area contributed by atoms with E-state index in [0.717, 1.165) is 5.69 Å². The first-order valence-electron chi connectivity index (χ1n) is 17.9. The first-order chi connectivity index (χ1) is 25.8. The lowest BCUT2D eigenvalue weighted by Crippen LogP contribution is -1.96. The van der Waals surface area contributed by atoms with Crippen molar-refractivity contribution in [1.29, 1.82) is 0 Å². The predicted molar refractivity (Wildman–Crippen MR) is 218 cm³/mol. The molecule has 0 saturated carbocycles. The number of fused-ring (bicyclic) bond motifs is 11. The highest BCUT2D eigenvalue weighted by molar-refractivity contribution is 6.22. The van der Waals surface area contributed by atoms with Crippen molar-refractivity contribution in [3.8, 4) is 44.9 Å². The summed E-state index contributed by atoms with van der Waals surface area (Å²) < 4.78 is 4.86. The van der Waals surface area contributed by atoms with Crippen LogP contribution in [0.4, 0.5) is 0 Å². The van der Waals surface area contributed by atoms with Crippen molar-refractivity contribution in [3.63, 3.8) is 0 Å². The van der Waals surface area contributed by atoms with Crippen LogP contribution in [0.3, 0.4) is 0 Å². The Morgan fingerprint density at radius 2 is 1.06 bits per heavy atom. The largest absolute Gasteiger partial charge is 0.309 e. The van der Waals surface area contributed by atoms with Crippen LogP contribution in [0.2, 0.25) is 0 Å². The van der Waals surface area contributed by atoms with Gasteiger partial charge in [-0.2, -0.15) is 0 Å². The summed E-state index contributed by atoms with van der Waals surface area (Å²) in [6.07, 6.45) is 1.90. The van der Waals surface area contributed by atoms with Crippen LogP contribution in [0.5, 0.6) is 0 Å². The Balaban J connectivity index is 1.09. The van der Waals surface area contributed by atoms with E-state index in [1.54, 1.807) is 0 Å². The Hall–Kier alpha value is -6.97. The molecule has 0 bridgehead atoms. The molecule has 1 aliphatic rings. The van der Waals surface area contributed by atoms with E-state index in [1.807, 2.05) is 12.3 Å². The van der Waals surface area contributed by atoms with Gasteiger partial charge < -0.3 is 9.13 Å². The summed E-state index contributed by atoms with van der Waals surface area (Å²) in [4.78, 5) is 4.79. The number of hydrogen-bond acceptors (Lipinski definition) is 1. The number of rotatable bonds is 3. The van der Waals surface area contributed by atoms with Gasteiger partial charge in [-0.3, -0.25) is 4.98 Å². The molecule has 0 spiro atoms. The maximum Gasteiger partial charge on any atom is 0.0786 e. The van der Waals surface area contributed by atoms with E-state index in [9.17, 15) is 0 Å². The first-order valence-corrected chi connectivity index (χ1v) is 17.9. The lowest BCUT2D eigenvalue weighted by molar-refractivity contribution is 1.18. The Kier molecular flexibility index (Phi) is 5.50. The minimum absolute atomic E-state index is 1.07. The Morgan fingerprint density at radius 1 is 0.365 bits per heavy atom. The number of benzene rings is 8. The van der Waals surface area contributed by atoms with Crippen LogP contribution in [-0.4, -0.2) is 14.1 Å². The summed E-state index contributed by atoms with van der Waals surface area (Å²) in [5.41, 5.74) is 14.4. The number of hydrogen-bond donors (Lipinski definition) is 0. The molecule has 1 aliphatic carbocycles. The van der Waals surface area contributed by atoms with Crippen LogP contribution in [0, 0.1) is 0 Å². The molecule has 0 radical (unpaired) electrons. The molecule has 11 aromatic rings. The third-order valence-corrected chi connectivity index (χ3v) is 11.3. The Morgan fingerprint density at radius 3 is 1.94 bits per heavy atom. The second-order valence-electron chi connectivity index (χ2n) is 13.9. The minimum Gasteiger partial charge on any atom is -0.309 e. The van der Waals surface area contributed by atoms with Gasteiger partial charge in [0.1, 0.15) is 0 Å². The van der Waals surface area contributed by atoms with Crippen molar-refractivity contribution in [2.24, 2.45) is 0 Å². The van der Waals surface area contributed by atoms with Crippen LogP contribution in [0.1, 0.15) is 0 Å². The zero-order valence-electron chi connectivity index (χ0n) is 28.1. The normalized spacial score (nSPS) is 12.2. The topological polar surface area (TPSA) is 22.8 Å². The maximum absolute atomic E-state index is 4.79. The molecule has 0 saturated heterocycles. The highest BCUT2D eigenvalue weighted by Gasteiger charge is 2.25. The second kappa shape index (κ2) is 10.3. The van der Waals surface area contributed by atoms with E-state index in [-0.39, 0.29) is 0 Å². The van der Waals surface area contributed by atoms with Crippen molar-refractivity contribution in [1.82, 2.24) is 14.1 Å². The van der Waals surface area contributed by atoms with E-state index >= 15 is 0 Å². The van der Waals surface area contributed by atoms with Gasteiger partial charge in [0.05, 0.1) is 33.4 Å². The number of nitrogens with zero attached hydrogens (tertiary/aromatic N) is 3. The summed E-state index contributed by atoms with van der Waals surface area (Å²) in [6.45, 7) is 0. The fourth-order valence-corrected chi connectivity index (χ4v) is 9.08. The number of pyridine rings is 1. The number of para-hydroxylation sites is 2. The molecule has 3 heterocycles. The van der Waals surface area contributed by atoms with Crippen LogP contribution in [-0.2, 0) is 0 Å². The van der Waals surface area contributed by atoms with Crippen molar-refractivity contribution < 1.29 is 0 Å². The van der Waals surface area contributed by atoms with Crippen LogP contribution in [0.15, 0.2) is 176 Å². The Bertz CT molecular complexity index is 3260. The number of aromatic nitrogens is 3. The summed E-state index contributed by atoms with van der Waals surface area (Å²) in [7, 11) is 0. The van der Waals surface area contributed by atoms with Gasteiger partial charge >= 0.3 is 0 Å². The summed E-state index contributed by atoms with van der Waals surface area (Å²) in [6, 6.07) is 62.3. The van der Waals surface area contributed by atoms with E-state index in [4.69, 9.17) is 4.98 Å². The molecule has 3 nitrogen and oxygen atoms in total. The van der Waals surface area contributed by atoms with Gasteiger partial charge in [0.2, 0.25) is 0 Å². The third-order valence-electron chi connectivity index (χ3n) is 11.3. The molecule has 3 aromatic heterocycles. The van der Waals surface area contributed by atoms with Gasteiger partial charge in [0, 0.05) is 55.3 Å². The van der Waals surface area contributed by atoms with E-state index < -0.39 is 0 Å². The zero-order valence-corrected chi connectivity index (χ0v) is 28.1. The van der Waals surface area contributed by atoms with E-state index in [0.29, 0.717) is 0 Å². The molecule has 0 amide bonds. The monoisotopic (exact) mass is 659 g/mol. The van der Waals surface area contributed by atoms with Gasteiger partial charge in [-0.25, -0.2) is 0 Å². The van der Waals surface area contributed by atoms with Gasteiger partial charge in [0.15, 0.2) is 0 Å². The molecule has 0 aliphatic heterocycles. The first kappa shape index (κ1) is 27.8. The second-order valence-corrected chi connectivity index (χ2v) is 13.9. The molecule has 0 unspecified atom stereocenters. The fourth-order valence-electron chi connectivity index (χ4n) is 9.08. The molecular formula is C49H29N3. The summed E-state index contributed by atoms with van der Waals surface area (Å²) in [5.74, 6) is 0. The van der Waals surface area contributed by atoms with Crippen molar-refractivity contribution >= 4 is 65.2 Å². The molecule has 3 heteroatoms. The average Bonchev–Trinajstić information content (AvgIpc) is 3.85. The fraction of sp³-hybridized carbons (Fsp3) is 0. The lowest BCUT2D eigenvalue weighted by Gasteiger charge is -2.13. The molecule has 0 fully saturated rings. The summed E-state index contributed by atoms with van der Waals surface area (Å²) in [5, 5.41) is 10.1. The SMILES string of the molecule is c1ccc(-n2c3ccc(-c4ccc5c(c4)c4ccccc4n5-c4ccc5c6c(cccc46)-c4cccnc4-5)cc3c3c4ccccc4ccc32)cc1. The molecule has 12 rings (SSSR count).